The van der Waals surface area contributed by atoms with E-state index in [9.17, 15) is 4.79 Å². The highest BCUT2D eigenvalue weighted by Crippen LogP contribution is 2.41. The fraction of sp³-hybridized carbons (Fsp3) is 0.737. The minimum atomic E-state index is 0.0211. The molecule has 1 nitrogen and oxygen atoms in total. The highest BCUT2D eigenvalue weighted by molar-refractivity contribution is 5.80. The third-order valence-corrected chi connectivity index (χ3v) is 3.86. The molecule has 0 aliphatic heterocycles. The normalized spacial score (nSPS) is 16.7. The standard InChI is InChI=1S/C19H34O/c1-10-15(14(3)20)12-16(11-2)17(19(7,8)9)13-18(4,5)6/h11-12,15,17H,2,10,13H2,1,3-9H3. The van der Waals surface area contributed by atoms with Crippen LogP contribution in [0.5, 0.6) is 0 Å². The highest BCUT2D eigenvalue weighted by Gasteiger charge is 2.31. The molecule has 0 aromatic carbocycles. The van der Waals surface area contributed by atoms with Gasteiger partial charge in [0.05, 0.1) is 0 Å². The first kappa shape index (κ1) is 19.1. The quantitative estimate of drug-likeness (QED) is 0.560. The van der Waals surface area contributed by atoms with Crippen molar-refractivity contribution in [2.24, 2.45) is 22.7 Å². The van der Waals surface area contributed by atoms with E-state index in [0.717, 1.165) is 12.8 Å². The number of rotatable bonds is 6. The molecule has 0 rings (SSSR count). The predicted octanol–water partition coefficient (Wildman–Crippen LogP) is 5.81. The lowest BCUT2D eigenvalue weighted by Gasteiger charge is -2.37. The van der Waals surface area contributed by atoms with E-state index in [-0.39, 0.29) is 22.5 Å². The van der Waals surface area contributed by atoms with Gasteiger partial charge in [0.2, 0.25) is 0 Å². The number of carbonyl (C=O) groups excluding carboxylic acids is 1. The Morgan fingerprint density at radius 3 is 1.90 bits per heavy atom. The van der Waals surface area contributed by atoms with Crippen LogP contribution in [0.25, 0.3) is 0 Å². The number of hydrogen-bond donors (Lipinski definition) is 0. The molecule has 20 heavy (non-hydrogen) atoms. The number of hydrogen-bond acceptors (Lipinski definition) is 1. The molecule has 0 aliphatic carbocycles. The van der Waals surface area contributed by atoms with E-state index in [1.807, 2.05) is 6.08 Å². The molecule has 0 aromatic heterocycles. The van der Waals surface area contributed by atoms with Crippen LogP contribution in [0, 0.1) is 22.7 Å². The molecule has 0 aromatic rings. The minimum Gasteiger partial charge on any atom is -0.299 e. The van der Waals surface area contributed by atoms with Crippen molar-refractivity contribution in [3.05, 3.63) is 24.3 Å². The summed E-state index contributed by atoms with van der Waals surface area (Å²) in [6.45, 7) is 21.4. The monoisotopic (exact) mass is 278 g/mol. The Kier molecular flexibility index (Phi) is 6.93. The van der Waals surface area contributed by atoms with Gasteiger partial charge in [0.25, 0.3) is 0 Å². The van der Waals surface area contributed by atoms with Gasteiger partial charge in [-0.1, -0.05) is 67.2 Å². The van der Waals surface area contributed by atoms with Crippen molar-refractivity contribution in [1.29, 1.82) is 0 Å². The van der Waals surface area contributed by atoms with Crippen LogP contribution in [0.15, 0.2) is 24.3 Å². The van der Waals surface area contributed by atoms with Gasteiger partial charge in [-0.15, -0.1) is 0 Å². The topological polar surface area (TPSA) is 17.1 Å². The maximum atomic E-state index is 11.7. The Bertz CT molecular complexity index is 360. The first-order valence-electron chi connectivity index (χ1n) is 7.77. The van der Waals surface area contributed by atoms with E-state index >= 15 is 0 Å². The van der Waals surface area contributed by atoms with Gasteiger partial charge in [-0.2, -0.15) is 0 Å². The van der Waals surface area contributed by atoms with Crippen LogP contribution in [-0.4, -0.2) is 5.78 Å². The van der Waals surface area contributed by atoms with Crippen molar-refractivity contribution in [3.8, 4) is 0 Å². The lowest BCUT2D eigenvalue weighted by molar-refractivity contribution is -0.119. The molecular formula is C19H34O. The van der Waals surface area contributed by atoms with Crippen molar-refractivity contribution < 1.29 is 4.79 Å². The fourth-order valence-electron chi connectivity index (χ4n) is 2.62. The maximum Gasteiger partial charge on any atom is 0.136 e. The molecule has 1 heteroatoms. The zero-order chi connectivity index (χ0) is 16.1. The summed E-state index contributed by atoms with van der Waals surface area (Å²) in [5.41, 5.74) is 1.66. The van der Waals surface area contributed by atoms with Gasteiger partial charge in [-0.25, -0.2) is 0 Å². The molecule has 0 bridgehead atoms. The lowest BCUT2D eigenvalue weighted by Crippen LogP contribution is -2.27. The lowest BCUT2D eigenvalue weighted by atomic mass is 9.68. The van der Waals surface area contributed by atoms with Crippen LogP contribution in [-0.2, 0) is 4.79 Å². The van der Waals surface area contributed by atoms with Crippen molar-refractivity contribution in [2.75, 3.05) is 0 Å². The van der Waals surface area contributed by atoms with E-state index in [2.05, 4.69) is 61.1 Å². The van der Waals surface area contributed by atoms with E-state index in [0.29, 0.717) is 5.92 Å². The van der Waals surface area contributed by atoms with Gasteiger partial charge in [-0.05, 0) is 42.1 Å². The summed E-state index contributed by atoms with van der Waals surface area (Å²) in [5, 5.41) is 0. The number of ketones is 1. The Morgan fingerprint density at radius 1 is 1.15 bits per heavy atom. The van der Waals surface area contributed by atoms with E-state index < -0.39 is 0 Å². The van der Waals surface area contributed by atoms with Crippen molar-refractivity contribution >= 4 is 5.78 Å². The molecular weight excluding hydrogens is 244 g/mol. The summed E-state index contributed by atoms with van der Waals surface area (Å²) in [6.07, 6.45) is 6.06. The zero-order valence-corrected chi connectivity index (χ0v) is 14.8. The smallest absolute Gasteiger partial charge is 0.136 e. The zero-order valence-electron chi connectivity index (χ0n) is 14.8. The van der Waals surface area contributed by atoms with Gasteiger partial charge in [0.1, 0.15) is 5.78 Å². The molecule has 0 spiro atoms. The minimum absolute atomic E-state index is 0.0211. The first-order valence-corrected chi connectivity index (χ1v) is 7.77. The molecule has 0 fully saturated rings. The predicted molar refractivity (Wildman–Crippen MR) is 89.8 cm³/mol. The maximum absolute atomic E-state index is 11.7. The molecule has 0 saturated carbocycles. The largest absolute Gasteiger partial charge is 0.299 e. The molecule has 2 unspecified atom stereocenters. The van der Waals surface area contributed by atoms with E-state index in [1.54, 1.807) is 6.92 Å². The number of Topliss-reactive ketones (excluding diaryl/α,β-unsaturated/α-hetero) is 1. The van der Waals surface area contributed by atoms with Crippen LogP contribution in [0.3, 0.4) is 0 Å². The average molecular weight is 278 g/mol. The number of allylic oxidation sites excluding steroid dienone is 3. The SMILES string of the molecule is C=CC(=CC(CC)C(C)=O)C(CC(C)(C)C)C(C)(C)C. The van der Waals surface area contributed by atoms with Crippen LogP contribution in [0.2, 0.25) is 0 Å². The van der Waals surface area contributed by atoms with Crippen molar-refractivity contribution in [1.82, 2.24) is 0 Å². The van der Waals surface area contributed by atoms with Crippen molar-refractivity contribution in [3.63, 3.8) is 0 Å². The molecule has 0 radical (unpaired) electrons. The summed E-state index contributed by atoms with van der Waals surface area (Å²) >= 11 is 0. The third-order valence-electron chi connectivity index (χ3n) is 3.86. The number of carbonyl (C=O) groups is 1. The second-order valence-corrected chi connectivity index (χ2v) is 8.18. The van der Waals surface area contributed by atoms with Gasteiger partial charge in [-0.3, -0.25) is 4.79 Å². The highest BCUT2D eigenvalue weighted by atomic mass is 16.1. The first-order chi connectivity index (χ1) is 8.92. The summed E-state index contributed by atoms with van der Waals surface area (Å²) in [4.78, 5) is 11.7. The molecule has 0 aliphatic rings. The Labute approximate surface area is 126 Å². The second-order valence-electron chi connectivity index (χ2n) is 8.18. The molecule has 116 valence electrons. The molecule has 0 amide bonds. The third kappa shape index (κ3) is 6.54. The van der Waals surface area contributed by atoms with Crippen molar-refractivity contribution in [2.45, 2.75) is 68.2 Å². The second kappa shape index (κ2) is 7.24. The van der Waals surface area contributed by atoms with E-state index in [4.69, 9.17) is 0 Å². The van der Waals surface area contributed by atoms with Crippen LogP contribution < -0.4 is 0 Å². The summed E-state index contributed by atoms with van der Waals surface area (Å²) in [7, 11) is 0. The van der Waals surface area contributed by atoms with E-state index in [1.165, 1.54) is 5.57 Å². The molecule has 0 N–H and O–H groups in total. The van der Waals surface area contributed by atoms with Gasteiger partial charge in [0, 0.05) is 5.92 Å². The molecule has 0 heterocycles. The Morgan fingerprint density at radius 2 is 1.65 bits per heavy atom. The van der Waals surface area contributed by atoms with Crippen LogP contribution in [0.1, 0.15) is 68.2 Å². The average Bonchev–Trinajstić information content (AvgIpc) is 2.25. The van der Waals surface area contributed by atoms with Crippen LogP contribution >= 0.6 is 0 Å². The summed E-state index contributed by atoms with van der Waals surface area (Å²) in [5.74, 6) is 0.691. The van der Waals surface area contributed by atoms with Crippen LogP contribution in [0.4, 0.5) is 0 Å². The summed E-state index contributed by atoms with van der Waals surface area (Å²) < 4.78 is 0. The Hall–Kier alpha value is -0.850. The molecule has 2 atom stereocenters. The van der Waals surface area contributed by atoms with Gasteiger partial charge >= 0.3 is 0 Å². The fourth-order valence-corrected chi connectivity index (χ4v) is 2.62. The van der Waals surface area contributed by atoms with Gasteiger partial charge < -0.3 is 0 Å². The Balaban J connectivity index is 5.56. The van der Waals surface area contributed by atoms with Gasteiger partial charge in [0.15, 0.2) is 0 Å². The molecule has 0 saturated heterocycles. The summed E-state index contributed by atoms with van der Waals surface area (Å²) in [6, 6.07) is 0.